The van der Waals surface area contributed by atoms with E-state index >= 15 is 0 Å². The molecular formula is C12H17NO4. The topological polar surface area (TPSA) is 81.8 Å². The Kier molecular flexibility index (Phi) is 4.34. The van der Waals surface area contributed by atoms with Crippen molar-refractivity contribution in [3.8, 4) is 11.5 Å². The zero-order chi connectivity index (χ0) is 13.0. The summed E-state index contributed by atoms with van der Waals surface area (Å²) in [5.74, 6) is 0.156. The van der Waals surface area contributed by atoms with Crippen molar-refractivity contribution < 1.29 is 19.4 Å². The molecule has 0 saturated heterocycles. The molecule has 1 rings (SSSR count). The maximum atomic E-state index is 11.2. The fourth-order valence-corrected chi connectivity index (χ4v) is 1.33. The normalized spacial score (nSPS) is 12.3. The summed E-state index contributed by atoms with van der Waals surface area (Å²) >= 11 is 0. The van der Waals surface area contributed by atoms with Gasteiger partial charge < -0.3 is 20.3 Å². The predicted octanol–water partition coefficient (Wildman–Crippen LogP) is 1.29. The molecular weight excluding hydrogens is 222 g/mol. The predicted molar refractivity (Wildman–Crippen MR) is 63.0 cm³/mol. The maximum absolute atomic E-state index is 11.2. The Morgan fingerprint density at radius 1 is 1.29 bits per heavy atom. The number of aliphatic hydroxyl groups is 1. The van der Waals surface area contributed by atoms with Crippen LogP contribution < -0.4 is 15.2 Å². The Morgan fingerprint density at radius 2 is 1.94 bits per heavy atom. The van der Waals surface area contributed by atoms with Gasteiger partial charge in [0.05, 0.1) is 11.7 Å². The standard InChI is InChI=1S/C12H17NO4/c1-7(2)16-9-4-5-10(12(13)15)11(6-9)17-8(3)14/h4-8,14H,1-3H3,(H2,13,15). The summed E-state index contributed by atoms with van der Waals surface area (Å²) in [6.45, 7) is 5.22. The van der Waals surface area contributed by atoms with Gasteiger partial charge in [0.2, 0.25) is 0 Å². The van der Waals surface area contributed by atoms with Crippen LogP contribution in [0.25, 0.3) is 0 Å². The summed E-state index contributed by atoms with van der Waals surface area (Å²) in [6, 6.07) is 4.68. The number of carbonyl (C=O) groups excluding carboxylic acids is 1. The van der Waals surface area contributed by atoms with E-state index in [1.54, 1.807) is 6.07 Å². The third-order valence-electron chi connectivity index (χ3n) is 1.89. The molecule has 0 heterocycles. The van der Waals surface area contributed by atoms with Crippen molar-refractivity contribution in [2.45, 2.75) is 33.2 Å². The van der Waals surface area contributed by atoms with Crippen LogP contribution in [-0.2, 0) is 0 Å². The molecule has 5 nitrogen and oxygen atoms in total. The van der Waals surface area contributed by atoms with Gasteiger partial charge in [0.15, 0.2) is 6.29 Å². The molecule has 1 atom stereocenters. The van der Waals surface area contributed by atoms with Gasteiger partial charge in [-0.1, -0.05) is 0 Å². The monoisotopic (exact) mass is 239 g/mol. The van der Waals surface area contributed by atoms with Gasteiger partial charge in [0.25, 0.3) is 5.91 Å². The minimum atomic E-state index is -1.03. The maximum Gasteiger partial charge on any atom is 0.252 e. The molecule has 0 bridgehead atoms. The summed E-state index contributed by atoms with van der Waals surface area (Å²) in [4.78, 5) is 11.2. The number of carbonyl (C=O) groups is 1. The molecule has 0 aromatic heterocycles. The van der Waals surface area contributed by atoms with Gasteiger partial charge >= 0.3 is 0 Å². The van der Waals surface area contributed by atoms with E-state index in [4.69, 9.17) is 20.3 Å². The summed E-state index contributed by atoms with van der Waals surface area (Å²) in [5, 5.41) is 9.17. The zero-order valence-corrected chi connectivity index (χ0v) is 10.1. The second-order valence-electron chi connectivity index (χ2n) is 3.91. The fourth-order valence-electron chi connectivity index (χ4n) is 1.33. The van der Waals surface area contributed by atoms with Crippen molar-refractivity contribution >= 4 is 5.91 Å². The van der Waals surface area contributed by atoms with Crippen LogP contribution in [-0.4, -0.2) is 23.4 Å². The first-order chi connectivity index (χ1) is 7.90. The lowest BCUT2D eigenvalue weighted by Crippen LogP contribution is -2.17. The van der Waals surface area contributed by atoms with Crippen LogP contribution in [0.3, 0.4) is 0 Å². The molecule has 17 heavy (non-hydrogen) atoms. The van der Waals surface area contributed by atoms with E-state index in [0.29, 0.717) is 5.75 Å². The highest BCUT2D eigenvalue weighted by Crippen LogP contribution is 2.26. The first-order valence-corrected chi connectivity index (χ1v) is 5.35. The molecule has 0 fully saturated rings. The van der Waals surface area contributed by atoms with Gasteiger partial charge in [0, 0.05) is 6.07 Å². The van der Waals surface area contributed by atoms with Crippen LogP contribution >= 0.6 is 0 Å². The van der Waals surface area contributed by atoms with Crippen LogP contribution in [0.5, 0.6) is 11.5 Å². The molecule has 1 aromatic carbocycles. The van der Waals surface area contributed by atoms with Gasteiger partial charge in [-0.25, -0.2) is 0 Å². The van der Waals surface area contributed by atoms with E-state index in [2.05, 4.69) is 0 Å². The number of amides is 1. The van der Waals surface area contributed by atoms with E-state index in [1.807, 2.05) is 13.8 Å². The number of hydrogen-bond acceptors (Lipinski definition) is 4. The Hall–Kier alpha value is -1.75. The van der Waals surface area contributed by atoms with E-state index < -0.39 is 12.2 Å². The molecule has 0 aliphatic heterocycles. The minimum absolute atomic E-state index is 0.00817. The molecule has 94 valence electrons. The molecule has 0 aliphatic carbocycles. The number of rotatable bonds is 5. The van der Waals surface area contributed by atoms with Crippen molar-refractivity contribution in [2.75, 3.05) is 0 Å². The smallest absolute Gasteiger partial charge is 0.252 e. The van der Waals surface area contributed by atoms with E-state index in [1.165, 1.54) is 19.1 Å². The molecule has 3 N–H and O–H groups in total. The molecule has 0 spiro atoms. The van der Waals surface area contributed by atoms with Crippen molar-refractivity contribution in [2.24, 2.45) is 5.73 Å². The molecule has 1 aromatic rings. The van der Waals surface area contributed by atoms with Gasteiger partial charge in [-0.3, -0.25) is 4.79 Å². The Balaban J connectivity index is 3.05. The van der Waals surface area contributed by atoms with Crippen LogP contribution in [0.2, 0.25) is 0 Å². The summed E-state index contributed by atoms with van der Waals surface area (Å²) in [5.41, 5.74) is 5.41. The number of ether oxygens (including phenoxy) is 2. The SMILES string of the molecule is CC(C)Oc1ccc(C(N)=O)c(OC(C)O)c1. The first kappa shape index (κ1) is 13.3. The van der Waals surface area contributed by atoms with Crippen molar-refractivity contribution in [3.63, 3.8) is 0 Å². The number of hydrogen-bond donors (Lipinski definition) is 2. The van der Waals surface area contributed by atoms with Crippen LogP contribution in [0.1, 0.15) is 31.1 Å². The van der Waals surface area contributed by atoms with Gasteiger partial charge in [-0.05, 0) is 32.9 Å². The van der Waals surface area contributed by atoms with Gasteiger partial charge in [0.1, 0.15) is 11.5 Å². The Morgan fingerprint density at radius 3 is 2.41 bits per heavy atom. The largest absolute Gasteiger partial charge is 0.491 e. The number of primary amides is 1. The van der Waals surface area contributed by atoms with E-state index in [-0.39, 0.29) is 17.4 Å². The van der Waals surface area contributed by atoms with Gasteiger partial charge in [-0.2, -0.15) is 0 Å². The number of nitrogens with two attached hydrogens (primary N) is 1. The highest BCUT2D eigenvalue weighted by Gasteiger charge is 2.13. The quantitative estimate of drug-likeness (QED) is 0.758. The lowest BCUT2D eigenvalue weighted by molar-refractivity contribution is -0.000929. The lowest BCUT2D eigenvalue weighted by atomic mass is 10.2. The van der Waals surface area contributed by atoms with Crippen LogP contribution in [0.4, 0.5) is 0 Å². The molecule has 0 saturated carbocycles. The third-order valence-corrected chi connectivity index (χ3v) is 1.89. The minimum Gasteiger partial charge on any atom is -0.491 e. The number of benzene rings is 1. The first-order valence-electron chi connectivity index (χ1n) is 5.35. The highest BCUT2D eigenvalue weighted by molar-refractivity contribution is 5.95. The zero-order valence-electron chi connectivity index (χ0n) is 10.1. The summed E-state index contributed by atoms with van der Waals surface area (Å²) in [7, 11) is 0. The van der Waals surface area contributed by atoms with Crippen molar-refractivity contribution in [1.29, 1.82) is 0 Å². The number of aliphatic hydroxyl groups excluding tert-OH is 1. The van der Waals surface area contributed by atoms with Crippen molar-refractivity contribution in [1.82, 2.24) is 0 Å². The summed E-state index contributed by atoms with van der Waals surface area (Å²) < 4.78 is 10.6. The molecule has 1 amide bonds. The molecule has 5 heteroatoms. The average molecular weight is 239 g/mol. The molecule has 1 unspecified atom stereocenters. The Labute approximate surface area is 100 Å². The third kappa shape index (κ3) is 3.96. The summed E-state index contributed by atoms with van der Waals surface area (Å²) in [6.07, 6.45) is -1.02. The van der Waals surface area contributed by atoms with Crippen LogP contribution in [0, 0.1) is 0 Å². The van der Waals surface area contributed by atoms with E-state index in [9.17, 15) is 4.79 Å². The van der Waals surface area contributed by atoms with Gasteiger partial charge in [-0.15, -0.1) is 0 Å². The second-order valence-corrected chi connectivity index (χ2v) is 3.91. The van der Waals surface area contributed by atoms with E-state index in [0.717, 1.165) is 0 Å². The average Bonchev–Trinajstić information content (AvgIpc) is 2.15. The van der Waals surface area contributed by atoms with Crippen LogP contribution in [0.15, 0.2) is 18.2 Å². The second kappa shape index (κ2) is 5.54. The molecule has 0 aliphatic rings. The fraction of sp³-hybridized carbons (Fsp3) is 0.417. The highest BCUT2D eigenvalue weighted by atomic mass is 16.6. The molecule has 0 radical (unpaired) electrons. The lowest BCUT2D eigenvalue weighted by Gasteiger charge is -2.15. The Bertz CT molecular complexity index is 401. The van der Waals surface area contributed by atoms with Crippen molar-refractivity contribution in [3.05, 3.63) is 23.8 Å².